The molecule has 108 valence electrons. The fourth-order valence-electron chi connectivity index (χ4n) is 2.38. The van der Waals surface area contributed by atoms with Crippen molar-refractivity contribution in [1.82, 2.24) is 10.7 Å². The van der Waals surface area contributed by atoms with Gasteiger partial charge in [-0.05, 0) is 49.7 Å². The number of halogens is 1. The molecule has 0 radical (unpaired) electrons. The standard InChI is InChI=1S/C15H20ClN3S/c1-11(12-6-5-7-13(16)10-12)18-19-15(20)17-14-8-3-2-4-9-14/h5-7,10,14H,2-4,8-9H2,1H3,(H2,17,19,20)/b18-11+. The summed E-state index contributed by atoms with van der Waals surface area (Å²) >= 11 is 11.2. The lowest BCUT2D eigenvalue weighted by molar-refractivity contribution is 0.412. The van der Waals surface area contributed by atoms with E-state index >= 15 is 0 Å². The number of hydrogen-bond acceptors (Lipinski definition) is 2. The highest BCUT2D eigenvalue weighted by Gasteiger charge is 2.13. The van der Waals surface area contributed by atoms with Gasteiger partial charge in [0.25, 0.3) is 0 Å². The molecule has 0 unspecified atom stereocenters. The van der Waals surface area contributed by atoms with E-state index in [1.165, 1.54) is 32.1 Å². The van der Waals surface area contributed by atoms with E-state index in [1.807, 2.05) is 31.2 Å². The molecule has 1 saturated carbocycles. The van der Waals surface area contributed by atoms with Crippen molar-refractivity contribution in [1.29, 1.82) is 0 Å². The molecular formula is C15H20ClN3S. The number of hydrogen-bond donors (Lipinski definition) is 2. The summed E-state index contributed by atoms with van der Waals surface area (Å²) in [5.41, 5.74) is 4.77. The topological polar surface area (TPSA) is 36.4 Å². The first-order valence-electron chi connectivity index (χ1n) is 7.02. The van der Waals surface area contributed by atoms with Crippen LogP contribution in [0.3, 0.4) is 0 Å². The van der Waals surface area contributed by atoms with Crippen molar-refractivity contribution < 1.29 is 0 Å². The maximum atomic E-state index is 5.97. The zero-order chi connectivity index (χ0) is 14.4. The monoisotopic (exact) mass is 309 g/mol. The summed E-state index contributed by atoms with van der Waals surface area (Å²) in [6, 6.07) is 8.12. The third-order valence-electron chi connectivity index (χ3n) is 3.51. The number of nitrogens with zero attached hydrogens (tertiary/aromatic N) is 1. The van der Waals surface area contributed by atoms with Crippen molar-refractivity contribution in [3.8, 4) is 0 Å². The Labute approximate surface area is 130 Å². The van der Waals surface area contributed by atoms with Crippen LogP contribution < -0.4 is 10.7 Å². The minimum Gasteiger partial charge on any atom is -0.359 e. The van der Waals surface area contributed by atoms with E-state index in [4.69, 9.17) is 23.8 Å². The molecule has 0 heterocycles. The Morgan fingerprint density at radius 3 is 2.75 bits per heavy atom. The Hall–Kier alpha value is -1.13. The van der Waals surface area contributed by atoms with Gasteiger partial charge in [-0.3, -0.25) is 5.43 Å². The Morgan fingerprint density at radius 2 is 2.05 bits per heavy atom. The molecule has 1 aliphatic rings. The highest BCUT2D eigenvalue weighted by atomic mass is 35.5. The quantitative estimate of drug-likeness (QED) is 0.506. The van der Waals surface area contributed by atoms with Gasteiger partial charge >= 0.3 is 0 Å². The first-order valence-corrected chi connectivity index (χ1v) is 7.80. The Morgan fingerprint density at radius 1 is 1.30 bits per heavy atom. The van der Waals surface area contributed by atoms with Gasteiger partial charge in [0, 0.05) is 11.1 Å². The van der Waals surface area contributed by atoms with Crippen LogP contribution >= 0.6 is 23.8 Å². The molecule has 0 spiro atoms. The van der Waals surface area contributed by atoms with E-state index < -0.39 is 0 Å². The van der Waals surface area contributed by atoms with Crippen LogP contribution in [-0.2, 0) is 0 Å². The predicted octanol–water partition coefficient (Wildman–Crippen LogP) is 3.86. The van der Waals surface area contributed by atoms with Crippen molar-refractivity contribution in [3.63, 3.8) is 0 Å². The number of hydrazone groups is 1. The van der Waals surface area contributed by atoms with Gasteiger partial charge in [0.2, 0.25) is 0 Å². The van der Waals surface area contributed by atoms with Gasteiger partial charge in [-0.1, -0.05) is 43.0 Å². The first kappa shape index (κ1) is 15.3. The second-order valence-electron chi connectivity index (χ2n) is 5.13. The summed E-state index contributed by atoms with van der Waals surface area (Å²) in [7, 11) is 0. The summed E-state index contributed by atoms with van der Waals surface area (Å²) in [4.78, 5) is 0. The minimum absolute atomic E-state index is 0.491. The maximum absolute atomic E-state index is 5.97. The first-order chi connectivity index (χ1) is 9.65. The SMILES string of the molecule is C/C(=N\NC(=S)NC1CCCCC1)c1cccc(Cl)c1. The second kappa shape index (κ2) is 7.60. The number of thiocarbonyl (C=S) groups is 1. The fourth-order valence-corrected chi connectivity index (χ4v) is 2.78. The van der Waals surface area contributed by atoms with Gasteiger partial charge in [-0.15, -0.1) is 0 Å². The summed E-state index contributed by atoms with van der Waals surface area (Å²) in [5, 5.41) is 8.93. The summed E-state index contributed by atoms with van der Waals surface area (Å²) in [5.74, 6) is 0. The van der Waals surface area contributed by atoms with Crippen molar-refractivity contribution in [2.24, 2.45) is 5.10 Å². The summed E-state index contributed by atoms with van der Waals surface area (Å²) in [6.45, 7) is 1.93. The average molecular weight is 310 g/mol. The molecule has 0 atom stereocenters. The molecule has 1 aromatic rings. The molecule has 0 aromatic heterocycles. The van der Waals surface area contributed by atoms with Gasteiger partial charge < -0.3 is 5.32 Å². The maximum Gasteiger partial charge on any atom is 0.187 e. The van der Waals surface area contributed by atoms with E-state index in [0.29, 0.717) is 16.2 Å². The summed E-state index contributed by atoms with van der Waals surface area (Å²) in [6.07, 6.45) is 6.29. The Bertz CT molecular complexity index is 496. The van der Waals surface area contributed by atoms with Gasteiger partial charge in [0.15, 0.2) is 5.11 Å². The lowest BCUT2D eigenvalue weighted by Gasteiger charge is -2.23. The van der Waals surface area contributed by atoms with Crippen molar-refractivity contribution in [2.45, 2.75) is 45.1 Å². The van der Waals surface area contributed by atoms with Gasteiger partial charge in [0.1, 0.15) is 0 Å². The van der Waals surface area contributed by atoms with Crippen LogP contribution in [0.1, 0.15) is 44.6 Å². The molecule has 0 aliphatic heterocycles. The molecule has 0 bridgehead atoms. The Balaban J connectivity index is 1.86. The molecule has 0 saturated heterocycles. The van der Waals surface area contributed by atoms with Crippen molar-refractivity contribution >= 4 is 34.6 Å². The summed E-state index contributed by atoms with van der Waals surface area (Å²) < 4.78 is 0. The van der Waals surface area contributed by atoms with Crippen molar-refractivity contribution in [3.05, 3.63) is 34.9 Å². The van der Waals surface area contributed by atoms with Crippen LogP contribution in [0.2, 0.25) is 5.02 Å². The molecular weight excluding hydrogens is 290 g/mol. The zero-order valence-electron chi connectivity index (χ0n) is 11.7. The number of benzene rings is 1. The Kier molecular flexibility index (Phi) is 5.80. The fraction of sp³-hybridized carbons (Fsp3) is 0.467. The highest BCUT2D eigenvalue weighted by Crippen LogP contribution is 2.17. The van der Waals surface area contributed by atoms with Gasteiger partial charge in [0.05, 0.1) is 5.71 Å². The molecule has 20 heavy (non-hydrogen) atoms. The van der Waals surface area contributed by atoms with E-state index in [9.17, 15) is 0 Å². The lowest BCUT2D eigenvalue weighted by atomic mass is 9.96. The molecule has 1 aliphatic carbocycles. The third kappa shape index (κ3) is 4.76. The highest BCUT2D eigenvalue weighted by molar-refractivity contribution is 7.80. The van der Waals surface area contributed by atoms with Crippen LogP contribution in [0, 0.1) is 0 Å². The molecule has 5 heteroatoms. The number of rotatable bonds is 3. The molecule has 2 rings (SSSR count). The van der Waals surface area contributed by atoms with Crippen molar-refractivity contribution in [2.75, 3.05) is 0 Å². The van der Waals surface area contributed by atoms with Crippen LogP contribution in [0.15, 0.2) is 29.4 Å². The van der Waals surface area contributed by atoms with Crippen LogP contribution in [0.5, 0.6) is 0 Å². The normalized spacial score (nSPS) is 16.8. The molecule has 1 fully saturated rings. The zero-order valence-corrected chi connectivity index (χ0v) is 13.2. The minimum atomic E-state index is 0.491. The molecule has 3 nitrogen and oxygen atoms in total. The molecule has 1 aromatic carbocycles. The number of nitrogens with one attached hydrogen (secondary N) is 2. The predicted molar refractivity (Wildman–Crippen MR) is 89.4 cm³/mol. The van der Waals surface area contributed by atoms with Crippen LogP contribution in [0.25, 0.3) is 0 Å². The van der Waals surface area contributed by atoms with Gasteiger partial charge in [-0.25, -0.2) is 0 Å². The lowest BCUT2D eigenvalue weighted by Crippen LogP contribution is -2.41. The van der Waals surface area contributed by atoms with E-state index in [1.54, 1.807) is 0 Å². The average Bonchev–Trinajstić information content (AvgIpc) is 2.46. The van der Waals surface area contributed by atoms with Crippen LogP contribution in [-0.4, -0.2) is 16.9 Å². The third-order valence-corrected chi connectivity index (χ3v) is 3.95. The molecule has 2 N–H and O–H groups in total. The molecule has 0 amide bonds. The van der Waals surface area contributed by atoms with Crippen LogP contribution in [0.4, 0.5) is 0 Å². The van der Waals surface area contributed by atoms with Gasteiger partial charge in [-0.2, -0.15) is 5.10 Å². The van der Waals surface area contributed by atoms with E-state index in [0.717, 1.165) is 11.3 Å². The largest absolute Gasteiger partial charge is 0.359 e. The smallest absolute Gasteiger partial charge is 0.187 e. The second-order valence-corrected chi connectivity index (χ2v) is 5.97. The van der Waals surface area contributed by atoms with E-state index in [2.05, 4.69) is 15.8 Å². The van der Waals surface area contributed by atoms with E-state index in [-0.39, 0.29) is 0 Å².